The van der Waals surface area contributed by atoms with E-state index in [-0.39, 0.29) is 27.1 Å². The second-order valence-electron chi connectivity index (χ2n) is 9.84. The van der Waals surface area contributed by atoms with Crippen LogP contribution in [0.4, 0.5) is 4.39 Å². The van der Waals surface area contributed by atoms with Crippen molar-refractivity contribution in [2.24, 2.45) is 22.7 Å². The van der Waals surface area contributed by atoms with E-state index in [2.05, 4.69) is 19.1 Å². The molecule has 6 heteroatoms. The minimum Gasteiger partial charge on any atom is -0.459 e. The Bertz CT molecular complexity index is 907. The molecule has 0 aromatic carbocycles. The Morgan fingerprint density at radius 2 is 2.10 bits per heavy atom. The number of fused-ring (bicyclic) bond motifs is 5. The molecular formula is C25H31FO3S2. The zero-order chi connectivity index (χ0) is 22.7. The maximum absolute atomic E-state index is 17.6. The van der Waals surface area contributed by atoms with Crippen LogP contribution in [-0.4, -0.2) is 39.6 Å². The topological polar surface area (TPSA) is 43.4 Å². The van der Waals surface area contributed by atoms with Crippen molar-refractivity contribution in [1.29, 1.82) is 0 Å². The molecule has 0 spiro atoms. The van der Waals surface area contributed by atoms with Crippen molar-refractivity contribution >= 4 is 35.3 Å². The van der Waals surface area contributed by atoms with Crippen LogP contribution >= 0.6 is 23.5 Å². The number of hydrogen-bond donors (Lipinski definition) is 0. The van der Waals surface area contributed by atoms with Gasteiger partial charge in [0.25, 0.3) is 0 Å². The van der Waals surface area contributed by atoms with Gasteiger partial charge in [-0.15, -0.1) is 29.9 Å². The summed E-state index contributed by atoms with van der Waals surface area (Å²) in [5.41, 5.74) is -2.06. The fourth-order valence-electron chi connectivity index (χ4n) is 7.24. The molecule has 0 amide bonds. The largest absolute Gasteiger partial charge is 0.459 e. The number of allylic oxidation sites excluding steroid dienone is 4. The molecule has 3 saturated carbocycles. The molecule has 0 aliphatic heterocycles. The predicted octanol–water partition coefficient (Wildman–Crippen LogP) is 5.35. The Hall–Kier alpha value is -1.19. The highest BCUT2D eigenvalue weighted by Crippen LogP contribution is 2.74. The predicted molar refractivity (Wildman–Crippen MR) is 125 cm³/mol. The average molecular weight is 463 g/mol. The quantitative estimate of drug-likeness (QED) is 0.320. The number of carbonyl (C=O) groups excluding carboxylic acids is 2. The molecule has 4 aliphatic carbocycles. The van der Waals surface area contributed by atoms with E-state index in [9.17, 15) is 9.59 Å². The number of ketones is 1. The summed E-state index contributed by atoms with van der Waals surface area (Å²) in [4.78, 5) is 24.2. The van der Waals surface area contributed by atoms with Crippen molar-refractivity contribution in [3.63, 3.8) is 0 Å². The Balaban J connectivity index is 1.84. The molecule has 0 N–H and O–H groups in total. The summed E-state index contributed by atoms with van der Waals surface area (Å²) < 4.78 is 23.3. The second-order valence-corrected chi connectivity index (χ2v) is 12.5. The Labute approximate surface area is 193 Å². The van der Waals surface area contributed by atoms with E-state index >= 15 is 4.39 Å². The van der Waals surface area contributed by atoms with Crippen LogP contribution in [0, 0.1) is 35.0 Å². The zero-order valence-electron chi connectivity index (χ0n) is 18.7. The van der Waals surface area contributed by atoms with Gasteiger partial charge in [0.1, 0.15) is 6.10 Å². The highest BCUT2D eigenvalue weighted by molar-refractivity contribution is 8.18. The van der Waals surface area contributed by atoms with Crippen LogP contribution in [0.15, 0.2) is 23.8 Å². The zero-order valence-corrected chi connectivity index (χ0v) is 20.3. The van der Waals surface area contributed by atoms with Gasteiger partial charge >= 0.3 is 5.97 Å². The van der Waals surface area contributed by atoms with Gasteiger partial charge in [-0.05, 0) is 68.8 Å². The van der Waals surface area contributed by atoms with E-state index in [0.29, 0.717) is 25.0 Å². The lowest BCUT2D eigenvalue weighted by atomic mass is 9.46. The Morgan fingerprint density at radius 1 is 1.35 bits per heavy atom. The van der Waals surface area contributed by atoms with E-state index in [1.54, 1.807) is 23.9 Å². The normalized spacial score (nSPS) is 45.7. The van der Waals surface area contributed by atoms with Crippen molar-refractivity contribution in [3.05, 3.63) is 23.8 Å². The monoisotopic (exact) mass is 462 g/mol. The number of rotatable bonds is 4. The van der Waals surface area contributed by atoms with E-state index < -0.39 is 23.2 Å². The lowest BCUT2D eigenvalue weighted by molar-refractivity contribution is -0.209. The summed E-state index contributed by atoms with van der Waals surface area (Å²) >= 11 is 3.61. The third-order valence-corrected chi connectivity index (χ3v) is 12.3. The molecule has 1 unspecified atom stereocenters. The lowest BCUT2D eigenvalue weighted by Crippen LogP contribution is -2.68. The third-order valence-electron chi connectivity index (χ3n) is 8.69. The van der Waals surface area contributed by atoms with Gasteiger partial charge in [-0.2, -0.15) is 0 Å². The van der Waals surface area contributed by atoms with E-state index in [4.69, 9.17) is 11.2 Å². The smallest absolute Gasteiger partial charge is 0.303 e. The van der Waals surface area contributed by atoms with E-state index in [1.165, 1.54) is 13.0 Å². The summed E-state index contributed by atoms with van der Waals surface area (Å²) in [5, 5.41) is 0. The van der Waals surface area contributed by atoms with Crippen LogP contribution in [-0.2, 0) is 14.3 Å². The SMILES string of the molecule is C#CCS[C@@]1(SC)CC[C@H]2[C@@H]3CCC4=CC(=O)C=C[C@]4(C)C3(F)[C@@H](OC(C)=O)C[C@@]21C. The molecule has 31 heavy (non-hydrogen) atoms. The highest BCUT2D eigenvalue weighted by Gasteiger charge is 2.74. The van der Waals surface area contributed by atoms with E-state index in [1.807, 2.05) is 18.7 Å². The second kappa shape index (κ2) is 7.70. The maximum Gasteiger partial charge on any atom is 0.303 e. The third kappa shape index (κ3) is 3.02. The van der Waals surface area contributed by atoms with Gasteiger partial charge in [-0.3, -0.25) is 9.59 Å². The number of alkyl halides is 1. The fourth-order valence-corrected chi connectivity index (χ4v) is 10.1. The molecule has 168 valence electrons. The van der Waals surface area contributed by atoms with Crippen LogP contribution in [0.5, 0.6) is 0 Å². The number of thioether (sulfide) groups is 2. The molecule has 0 saturated heterocycles. The summed E-state index contributed by atoms with van der Waals surface area (Å²) in [6.45, 7) is 5.50. The van der Waals surface area contributed by atoms with Gasteiger partial charge in [0, 0.05) is 18.3 Å². The van der Waals surface area contributed by atoms with Gasteiger partial charge in [0.2, 0.25) is 0 Å². The molecule has 3 nitrogen and oxygen atoms in total. The first-order valence-electron chi connectivity index (χ1n) is 11.0. The summed E-state index contributed by atoms with van der Waals surface area (Å²) in [5.74, 6) is 2.76. The van der Waals surface area contributed by atoms with Gasteiger partial charge in [-0.1, -0.05) is 24.5 Å². The molecule has 0 bridgehead atoms. The standard InChI is InChI=1S/C25H31FO3S2/c1-6-13-31-24(30-5)12-10-19-20-8-7-17-14-18(28)9-11-22(17,3)25(20,26)21(29-16(2)27)15-23(19,24)4/h1,9,11,14,19-21H,7-8,10,12-13,15H2,2-5H3/t19-,20-,21-,22-,23-,24-,25?/m0/s1. The van der Waals surface area contributed by atoms with Crippen molar-refractivity contribution in [3.8, 4) is 12.3 Å². The highest BCUT2D eigenvalue weighted by atomic mass is 32.2. The fraction of sp³-hybridized carbons (Fsp3) is 0.680. The van der Waals surface area contributed by atoms with E-state index in [0.717, 1.165) is 18.4 Å². The first-order chi connectivity index (χ1) is 14.6. The van der Waals surface area contributed by atoms with Crippen LogP contribution in [0.2, 0.25) is 0 Å². The Kier molecular flexibility index (Phi) is 5.71. The molecule has 0 heterocycles. The van der Waals surface area contributed by atoms with Gasteiger partial charge < -0.3 is 4.74 Å². The Morgan fingerprint density at radius 3 is 2.74 bits per heavy atom. The number of hydrogen-bond acceptors (Lipinski definition) is 5. The van der Waals surface area contributed by atoms with Crippen molar-refractivity contribution in [1.82, 2.24) is 0 Å². The maximum atomic E-state index is 17.6. The number of carbonyl (C=O) groups is 2. The van der Waals surface area contributed by atoms with Gasteiger partial charge in [0.05, 0.1) is 9.83 Å². The molecular weight excluding hydrogens is 431 g/mol. The molecule has 4 aliphatic rings. The van der Waals surface area contributed by atoms with Gasteiger partial charge in [0.15, 0.2) is 11.5 Å². The molecule has 3 fully saturated rings. The van der Waals surface area contributed by atoms with Crippen LogP contribution < -0.4 is 0 Å². The first kappa shape index (κ1) is 23.0. The van der Waals surface area contributed by atoms with Crippen molar-refractivity contribution < 1.29 is 18.7 Å². The molecule has 7 atom stereocenters. The summed E-state index contributed by atoms with van der Waals surface area (Å²) in [6, 6.07) is 0. The van der Waals surface area contributed by atoms with Crippen LogP contribution in [0.25, 0.3) is 0 Å². The van der Waals surface area contributed by atoms with Crippen LogP contribution in [0.3, 0.4) is 0 Å². The molecule has 0 aromatic rings. The summed E-state index contributed by atoms with van der Waals surface area (Å²) in [6.07, 6.45) is 15.4. The summed E-state index contributed by atoms with van der Waals surface area (Å²) in [7, 11) is 0. The number of terminal acetylenes is 1. The van der Waals surface area contributed by atoms with Gasteiger partial charge in [-0.25, -0.2) is 4.39 Å². The van der Waals surface area contributed by atoms with Crippen LogP contribution in [0.1, 0.15) is 52.9 Å². The molecule has 4 rings (SSSR count). The molecule has 0 radical (unpaired) electrons. The lowest BCUT2D eigenvalue weighted by Gasteiger charge is -2.63. The molecule has 0 aromatic heterocycles. The minimum atomic E-state index is -1.74. The van der Waals surface area contributed by atoms with Crippen molar-refractivity contribution in [2.75, 3.05) is 12.0 Å². The number of ether oxygens (including phenoxy) is 1. The number of esters is 1. The van der Waals surface area contributed by atoms with Crippen molar-refractivity contribution in [2.45, 2.75) is 68.7 Å². The number of halogens is 1. The first-order valence-corrected chi connectivity index (χ1v) is 13.2. The minimum absolute atomic E-state index is 0.0906. The average Bonchev–Trinajstić information content (AvgIpc) is 3.00.